The van der Waals surface area contributed by atoms with Crippen molar-refractivity contribution >= 4 is 5.91 Å². The highest BCUT2D eigenvalue weighted by molar-refractivity contribution is 5.94. The first-order valence-electron chi connectivity index (χ1n) is 7.24. The normalized spacial score (nSPS) is 10.9. The van der Waals surface area contributed by atoms with Crippen LogP contribution in [0.1, 0.15) is 37.6 Å². The lowest BCUT2D eigenvalue weighted by molar-refractivity contribution is 0.0736. The molecular formula is C15H21N5O. The lowest BCUT2D eigenvalue weighted by Gasteiger charge is -2.24. The number of aromatic nitrogens is 4. The Kier molecular flexibility index (Phi) is 5.03. The molecule has 2 aromatic rings. The van der Waals surface area contributed by atoms with Gasteiger partial charge in [-0.3, -0.25) is 4.79 Å². The van der Waals surface area contributed by atoms with Gasteiger partial charge in [-0.15, -0.1) is 5.10 Å². The van der Waals surface area contributed by atoms with Crippen molar-refractivity contribution in [2.24, 2.45) is 5.92 Å². The quantitative estimate of drug-likeness (QED) is 0.817. The van der Waals surface area contributed by atoms with Crippen LogP contribution in [-0.2, 0) is 0 Å². The van der Waals surface area contributed by atoms with Gasteiger partial charge in [-0.1, -0.05) is 20.8 Å². The standard InChI is InChI=1S/C15H21N5O/c1-4-9-19(10-12(2)3)15(21)13-5-7-14(8-6-13)20-11-16-17-18-20/h5-8,11-12H,4,9-10H2,1-3H3. The highest BCUT2D eigenvalue weighted by atomic mass is 16.2. The van der Waals surface area contributed by atoms with Gasteiger partial charge in [0, 0.05) is 18.7 Å². The summed E-state index contributed by atoms with van der Waals surface area (Å²) >= 11 is 0. The van der Waals surface area contributed by atoms with E-state index in [4.69, 9.17) is 0 Å². The Morgan fingerprint density at radius 1 is 1.29 bits per heavy atom. The van der Waals surface area contributed by atoms with Crippen molar-refractivity contribution in [2.45, 2.75) is 27.2 Å². The molecule has 0 atom stereocenters. The van der Waals surface area contributed by atoms with Gasteiger partial charge in [0.25, 0.3) is 5.91 Å². The van der Waals surface area contributed by atoms with E-state index in [1.807, 2.05) is 29.2 Å². The molecule has 1 aromatic carbocycles. The number of amides is 1. The smallest absolute Gasteiger partial charge is 0.253 e. The first-order chi connectivity index (χ1) is 10.1. The van der Waals surface area contributed by atoms with Crippen LogP contribution in [0.25, 0.3) is 5.69 Å². The monoisotopic (exact) mass is 287 g/mol. The van der Waals surface area contributed by atoms with E-state index in [2.05, 4.69) is 36.3 Å². The molecule has 112 valence electrons. The summed E-state index contributed by atoms with van der Waals surface area (Å²) < 4.78 is 1.56. The van der Waals surface area contributed by atoms with E-state index in [1.54, 1.807) is 4.68 Å². The lowest BCUT2D eigenvalue weighted by atomic mass is 10.1. The van der Waals surface area contributed by atoms with Crippen LogP contribution in [0.15, 0.2) is 30.6 Å². The largest absolute Gasteiger partial charge is 0.338 e. The number of rotatable bonds is 6. The van der Waals surface area contributed by atoms with Gasteiger partial charge in [-0.2, -0.15) is 0 Å². The molecule has 0 saturated heterocycles. The maximum atomic E-state index is 12.5. The predicted molar refractivity (Wildman–Crippen MR) is 80.2 cm³/mol. The van der Waals surface area contributed by atoms with E-state index in [9.17, 15) is 4.79 Å². The first kappa shape index (κ1) is 15.2. The fourth-order valence-electron chi connectivity index (χ4n) is 2.21. The van der Waals surface area contributed by atoms with Crippen molar-refractivity contribution < 1.29 is 4.79 Å². The second-order valence-electron chi connectivity index (χ2n) is 5.45. The topological polar surface area (TPSA) is 63.9 Å². The average molecular weight is 287 g/mol. The molecule has 0 unspecified atom stereocenters. The van der Waals surface area contributed by atoms with E-state index in [-0.39, 0.29) is 5.91 Å². The van der Waals surface area contributed by atoms with Gasteiger partial charge in [0.05, 0.1) is 5.69 Å². The number of hydrogen-bond donors (Lipinski definition) is 0. The molecule has 2 rings (SSSR count). The fraction of sp³-hybridized carbons (Fsp3) is 0.467. The molecule has 0 radical (unpaired) electrons. The lowest BCUT2D eigenvalue weighted by Crippen LogP contribution is -2.34. The Morgan fingerprint density at radius 2 is 2.00 bits per heavy atom. The van der Waals surface area contributed by atoms with Crippen molar-refractivity contribution in [1.82, 2.24) is 25.1 Å². The molecule has 0 bridgehead atoms. The summed E-state index contributed by atoms with van der Waals surface area (Å²) in [6, 6.07) is 7.34. The average Bonchev–Trinajstić information content (AvgIpc) is 3.00. The van der Waals surface area contributed by atoms with E-state index in [1.165, 1.54) is 6.33 Å². The maximum absolute atomic E-state index is 12.5. The molecule has 0 aliphatic heterocycles. The van der Waals surface area contributed by atoms with E-state index in [0.717, 1.165) is 25.2 Å². The molecule has 0 aliphatic carbocycles. The first-order valence-corrected chi connectivity index (χ1v) is 7.24. The van der Waals surface area contributed by atoms with Gasteiger partial charge in [-0.05, 0) is 47.0 Å². The zero-order valence-corrected chi connectivity index (χ0v) is 12.7. The zero-order valence-electron chi connectivity index (χ0n) is 12.7. The summed E-state index contributed by atoms with van der Waals surface area (Å²) in [6.07, 6.45) is 2.49. The Hall–Kier alpha value is -2.24. The van der Waals surface area contributed by atoms with Crippen LogP contribution in [0, 0.1) is 5.92 Å². The Labute approximate surface area is 124 Å². The number of carbonyl (C=O) groups excluding carboxylic acids is 1. The molecule has 0 saturated carbocycles. The van der Waals surface area contributed by atoms with E-state index < -0.39 is 0 Å². The Morgan fingerprint density at radius 3 is 2.52 bits per heavy atom. The molecule has 0 aliphatic rings. The molecular weight excluding hydrogens is 266 g/mol. The van der Waals surface area contributed by atoms with Gasteiger partial charge < -0.3 is 4.90 Å². The van der Waals surface area contributed by atoms with Crippen molar-refractivity contribution in [3.8, 4) is 5.69 Å². The minimum absolute atomic E-state index is 0.0776. The van der Waals surface area contributed by atoms with Crippen molar-refractivity contribution in [1.29, 1.82) is 0 Å². The summed E-state index contributed by atoms with van der Waals surface area (Å²) in [5.41, 5.74) is 1.53. The van der Waals surface area contributed by atoms with Crippen LogP contribution < -0.4 is 0 Å². The third-order valence-electron chi connectivity index (χ3n) is 3.09. The number of tetrazole rings is 1. The van der Waals surface area contributed by atoms with E-state index >= 15 is 0 Å². The number of carbonyl (C=O) groups is 1. The SMILES string of the molecule is CCCN(CC(C)C)C(=O)c1ccc(-n2cnnn2)cc1. The van der Waals surface area contributed by atoms with Gasteiger partial charge in [0.15, 0.2) is 0 Å². The Balaban J connectivity index is 2.14. The molecule has 0 fully saturated rings. The molecule has 6 nitrogen and oxygen atoms in total. The van der Waals surface area contributed by atoms with Gasteiger partial charge in [0.2, 0.25) is 0 Å². The summed E-state index contributed by atoms with van der Waals surface area (Å²) in [4.78, 5) is 14.5. The van der Waals surface area contributed by atoms with Gasteiger partial charge in [-0.25, -0.2) is 4.68 Å². The predicted octanol–water partition coefficient (Wildman–Crippen LogP) is 2.17. The molecule has 21 heavy (non-hydrogen) atoms. The second-order valence-corrected chi connectivity index (χ2v) is 5.45. The van der Waals surface area contributed by atoms with Crippen LogP contribution in [0.4, 0.5) is 0 Å². The third kappa shape index (κ3) is 3.87. The van der Waals surface area contributed by atoms with Gasteiger partial charge in [0.1, 0.15) is 6.33 Å². The number of benzene rings is 1. The van der Waals surface area contributed by atoms with Crippen LogP contribution in [-0.4, -0.2) is 44.1 Å². The minimum Gasteiger partial charge on any atom is -0.338 e. The third-order valence-corrected chi connectivity index (χ3v) is 3.09. The van der Waals surface area contributed by atoms with Crippen LogP contribution in [0.5, 0.6) is 0 Å². The fourth-order valence-corrected chi connectivity index (χ4v) is 2.21. The van der Waals surface area contributed by atoms with Crippen molar-refractivity contribution in [3.63, 3.8) is 0 Å². The Bertz CT molecular complexity index is 562. The number of hydrogen-bond acceptors (Lipinski definition) is 4. The molecule has 6 heteroatoms. The number of nitrogens with zero attached hydrogens (tertiary/aromatic N) is 5. The van der Waals surface area contributed by atoms with Crippen LogP contribution >= 0.6 is 0 Å². The highest BCUT2D eigenvalue weighted by Crippen LogP contribution is 2.12. The zero-order chi connectivity index (χ0) is 15.2. The van der Waals surface area contributed by atoms with E-state index in [0.29, 0.717) is 11.5 Å². The summed E-state index contributed by atoms with van der Waals surface area (Å²) in [6.45, 7) is 7.89. The van der Waals surface area contributed by atoms with Crippen LogP contribution in [0.3, 0.4) is 0 Å². The molecule has 1 amide bonds. The van der Waals surface area contributed by atoms with Crippen LogP contribution in [0.2, 0.25) is 0 Å². The minimum atomic E-state index is 0.0776. The second kappa shape index (κ2) is 6.97. The molecule has 0 N–H and O–H groups in total. The molecule has 1 aromatic heterocycles. The highest BCUT2D eigenvalue weighted by Gasteiger charge is 2.16. The maximum Gasteiger partial charge on any atom is 0.253 e. The molecule has 0 spiro atoms. The summed E-state index contributed by atoms with van der Waals surface area (Å²) in [7, 11) is 0. The van der Waals surface area contributed by atoms with Crippen molar-refractivity contribution in [2.75, 3.05) is 13.1 Å². The molecule has 1 heterocycles. The van der Waals surface area contributed by atoms with Gasteiger partial charge >= 0.3 is 0 Å². The summed E-state index contributed by atoms with van der Waals surface area (Å²) in [5.74, 6) is 0.537. The summed E-state index contributed by atoms with van der Waals surface area (Å²) in [5, 5.41) is 11.0. The van der Waals surface area contributed by atoms with Crippen molar-refractivity contribution in [3.05, 3.63) is 36.2 Å².